The minimum Gasteiger partial charge on any atom is -0.870 e. The first-order valence-corrected chi connectivity index (χ1v) is 29.3. The number of esters is 1. The normalized spacial score (nSPS) is 11.5. The van der Waals surface area contributed by atoms with Crippen molar-refractivity contribution in [2.45, 2.75) is 6.92 Å². The third kappa shape index (κ3) is 11.6. The molecule has 0 saturated carbocycles. The van der Waals surface area contributed by atoms with E-state index in [1.807, 2.05) is 103 Å². The van der Waals surface area contributed by atoms with Gasteiger partial charge in [-0.2, -0.15) is 0 Å². The van der Waals surface area contributed by atoms with Crippen LogP contribution < -0.4 is 27.5 Å². The van der Waals surface area contributed by atoms with E-state index in [0.717, 1.165) is 66.7 Å². The number of sulfonamides is 2. The number of carbonyl (C=O) groups is 2. The molecule has 0 aliphatic carbocycles. The Morgan fingerprint density at radius 2 is 0.917 bits per heavy atom. The maximum atomic E-state index is 13.7. The van der Waals surface area contributed by atoms with Crippen LogP contribution in [0, 0.1) is 11.6 Å². The number of H-pyrrole nitrogens is 2. The van der Waals surface area contributed by atoms with Crippen LogP contribution in [0.5, 0.6) is 0 Å². The van der Waals surface area contributed by atoms with Gasteiger partial charge in [0.15, 0.2) is 0 Å². The van der Waals surface area contributed by atoms with Gasteiger partial charge in [0.2, 0.25) is 20.0 Å². The number of furan rings is 2. The number of anilines is 2. The van der Waals surface area contributed by atoms with Crippen molar-refractivity contribution in [3.63, 3.8) is 0 Å². The zero-order chi connectivity index (χ0) is 57.8. The fraction of sp³-hybridized carbons (Fsp3) is 0.0938. The molecule has 0 saturated heterocycles. The van der Waals surface area contributed by atoms with Crippen LogP contribution >= 0.6 is 0 Å². The van der Waals surface area contributed by atoms with Gasteiger partial charge < -0.3 is 34.1 Å². The van der Waals surface area contributed by atoms with Gasteiger partial charge in [-0.3, -0.25) is 8.61 Å². The summed E-state index contributed by atoms with van der Waals surface area (Å²) < 4.78 is 97.9. The molecule has 12 aromatic rings. The zero-order valence-electron chi connectivity index (χ0n) is 46.1. The molecule has 8 aromatic carbocycles. The Labute approximate surface area is 493 Å². The van der Waals surface area contributed by atoms with Crippen molar-refractivity contribution in [3.05, 3.63) is 205 Å². The molecule has 4 N–H and O–H groups in total. The van der Waals surface area contributed by atoms with Crippen molar-refractivity contribution in [1.29, 1.82) is 0 Å². The van der Waals surface area contributed by atoms with Gasteiger partial charge in [-0.15, -0.1) is 0 Å². The minimum atomic E-state index is -3.68. The van der Waals surface area contributed by atoms with Crippen LogP contribution in [-0.2, 0) is 24.8 Å². The topological polar surface area (TPSA) is 226 Å². The first-order valence-electron chi connectivity index (χ1n) is 25.6. The summed E-state index contributed by atoms with van der Waals surface area (Å²) in [6, 6.07) is 52.7. The second-order valence-electron chi connectivity index (χ2n) is 19.5. The van der Waals surface area contributed by atoms with Crippen molar-refractivity contribution >= 4 is 87.1 Å². The average Bonchev–Trinajstić information content (AvgIpc) is 3.57. The van der Waals surface area contributed by atoms with Gasteiger partial charge in [0.1, 0.15) is 45.4 Å². The number of carboxylic acid groups (broad SMARTS) is 1. The molecule has 0 atom stereocenters. The number of benzene rings is 8. The van der Waals surface area contributed by atoms with Gasteiger partial charge in [0.25, 0.3) is 0 Å². The van der Waals surface area contributed by atoms with Crippen molar-refractivity contribution in [2.75, 3.05) is 41.8 Å². The van der Waals surface area contributed by atoms with E-state index in [4.69, 9.17) is 13.6 Å². The van der Waals surface area contributed by atoms with E-state index >= 15 is 0 Å². The van der Waals surface area contributed by atoms with Crippen LogP contribution in [0.1, 0.15) is 27.6 Å². The molecule has 0 radical (unpaired) electrons. The first-order chi connectivity index (χ1) is 39.2. The molecule has 0 aliphatic rings. The maximum Gasteiger partial charge on any atom is 1.00 e. The number of fused-ring (bicyclic) bond motifs is 4. The van der Waals surface area contributed by atoms with Gasteiger partial charge in [-0.25, -0.2) is 35.2 Å². The predicted molar refractivity (Wildman–Crippen MR) is 320 cm³/mol. The van der Waals surface area contributed by atoms with Crippen molar-refractivity contribution in [1.82, 2.24) is 9.97 Å². The van der Waals surface area contributed by atoms with Crippen molar-refractivity contribution in [2.24, 2.45) is 0 Å². The quantitative estimate of drug-likeness (QED) is 0.0727. The number of nitrogens with zero attached hydrogens (tertiary/aromatic N) is 2. The van der Waals surface area contributed by atoms with Crippen LogP contribution in [0.4, 0.5) is 20.2 Å². The number of carboxylic acids is 1. The third-order valence-corrected chi connectivity index (χ3v) is 16.6. The van der Waals surface area contributed by atoms with Gasteiger partial charge >= 0.3 is 30.8 Å². The van der Waals surface area contributed by atoms with E-state index in [1.54, 1.807) is 25.1 Å². The summed E-state index contributed by atoms with van der Waals surface area (Å²) in [5.74, 6) is -2.45. The Balaban J connectivity index is 0.000000197. The van der Waals surface area contributed by atoms with Gasteiger partial charge in [0, 0.05) is 92.4 Å². The molecule has 0 aliphatic heterocycles. The molecular formula is C64H51F2LiN4O11S2. The smallest absolute Gasteiger partial charge is 0.870 e. The molecule has 84 heavy (non-hydrogen) atoms. The van der Waals surface area contributed by atoms with Crippen LogP contribution in [0.2, 0.25) is 0 Å². The molecule has 0 amide bonds. The molecule has 0 spiro atoms. The third-order valence-electron chi connectivity index (χ3n) is 14.2. The number of aromatic carboxylic acids is 1. The van der Waals surface area contributed by atoms with Gasteiger partial charge in [-0.05, 0) is 126 Å². The Morgan fingerprint density at radius 1 is 0.524 bits per heavy atom. The Bertz CT molecular complexity index is 4660. The van der Waals surface area contributed by atoms with E-state index in [2.05, 4.69) is 16.0 Å². The van der Waals surface area contributed by atoms with Crippen molar-refractivity contribution < 1.29 is 78.2 Å². The van der Waals surface area contributed by atoms with E-state index in [-0.39, 0.29) is 59.2 Å². The number of aromatic nitrogens is 2. The van der Waals surface area contributed by atoms with Gasteiger partial charge in [0.05, 0.1) is 30.5 Å². The number of halogens is 2. The summed E-state index contributed by atoms with van der Waals surface area (Å²) >= 11 is 0. The monoisotopic (exact) mass is 1160 g/mol. The number of hydrogen-bond donors (Lipinski definition) is 3. The SMILES string of the molecule is CCOC(=O)c1c(-c2ccc(F)cc2)oc2cc(N(C)S(C)(=O)=O)c(-c3cccc(-c4cc5ccccc5[nH]4)c3)cc12.CN(c1cc2oc(-c3ccc(F)cc3)c(C(=O)O)c2cc1-c1cccc(-c2cc3ccccc3[nH]2)c1)S(C)(=O)=O.[Li+].[OH-]. The van der Waals surface area contributed by atoms with Gasteiger partial charge in [-0.1, -0.05) is 72.8 Å². The number of nitrogens with one attached hydrogen (secondary N) is 2. The Hall–Kier alpha value is -9.22. The molecular weight excluding hydrogens is 1110 g/mol. The zero-order valence-corrected chi connectivity index (χ0v) is 47.7. The van der Waals surface area contributed by atoms with E-state index in [1.165, 1.54) is 73.0 Å². The molecule has 0 fully saturated rings. The Morgan fingerprint density at radius 3 is 1.31 bits per heavy atom. The Kier molecular flexibility index (Phi) is 16.7. The fourth-order valence-corrected chi connectivity index (χ4v) is 11.0. The molecule has 0 unspecified atom stereocenters. The van der Waals surface area contributed by atoms with E-state index in [9.17, 15) is 40.3 Å². The molecule has 15 nitrogen and oxygen atoms in total. The number of hydrogen-bond acceptors (Lipinski definition) is 10. The summed E-state index contributed by atoms with van der Waals surface area (Å²) in [5, 5.41) is 13.0. The first kappa shape index (κ1) is 59.4. The molecule has 20 heteroatoms. The standard InChI is InChI=1S/C33H27FN2O5S.C31H23FN2O5S.Li.H2O/c1-4-40-33(37)31-26-18-25(21-9-7-10-22(16-21)28-17-23-8-5-6-11-27(23)35-28)29(36(2)42(3,38)39)19-30(26)41-32(31)20-12-14-24(34)15-13-20;1-34(40(2,37)38)27-17-28-24(29(31(35)36)30(39-28)18-10-12-22(32)13-11-18)16-23(27)19-7-5-8-20(14-19)26-15-21-6-3-4-9-25(21)33-26;;/h5-19,35H,4H2,1-3H3;3-17,33H,1-2H3,(H,35,36);;1H2/q;;+1;/p-1. The molecule has 12 rings (SSSR count). The largest absolute Gasteiger partial charge is 1.00 e. The number of ether oxygens (including phenoxy) is 1. The summed E-state index contributed by atoms with van der Waals surface area (Å²) in [5.41, 5.74) is 10.2. The van der Waals surface area contributed by atoms with Crippen LogP contribution in [-0.4, -0.2) is 82.5 Å². The second kappa shape index (κ2) is 23.6. The number of aromatic amines is 2. The number of carbonyl (C=O) groups excluding carboxylic acids is 1. The maximum absolute atomic E-state index is 13.7. The van der Waals surface area contributed by atoms with E-state index in [0.29, 0.717) is 55.5 Å². The molecule has 4 heterocycles. The summed E-state index contributed by atoms with van der Waals surface area (Å²) in [6.07, 6.45) is 2.22. The number of para-hydroxylation sites is 2. The molecule has 0 bridgehead atoms. The number of rotatable bonds is 13. The fourth-order valence-electron chi connectivity index (χ4n) is 10.00. The summed E-state index contributed by atoms with van der Waals surface area (Å²) in [6.45, 7) is 1.85. The van der Waals surface area contributed by atoms with E-state index < -0.39 is 43.6 Å². The van der Waals surface area contributed by atoms with Crippen LogP contribution in [0.25, 0.3) is 111 Å². The molecule has 4 aromatic heterocycles. The predicted octanol–water partition coefficient (Wildman–Crippen LogP) is 11.6. The average molecular weight is 1160 g/mol. The van der Waals surface area contributed by atoms with Crippen molar-refractivity contribution in [3.8, 4) is 67.4 Å². The minimum absolute atomic E-state index is 0. The van der Waals surface area contributed by atoms with Crippen LogP contribution in [0.15, 0.2) is 191 Å². The molecule has 420 valence electrons. The summed E-state index contributed by atoms with van der Waals surface area (Å²) in [7, 11) is -4.45. The summed E-state index contributed by atoms with van der Waals surface area (Å²) in [4.78, 5) is 32.5. The van der Waals surface area contributed by atoms with Crippen LogP contribution in [0.3, 0.4) is 0 Å². The second-order valence-corrected chi connectivity index (χ2v) is 23.6.